The maximum absolute atomic E-state index is 13.2. The molecule has 1 amide bonds. The number of morpholine rings is 1. The molecule has 0 radical (unpaired) electrons. The smallest absolute Gasteiger partial charge is 0.422 e. The Balaban J connectivity index is 1.36. The van der Waals surface area contributed by atoms with Gasteiger partial charge in [-0.25, -0.2) is 9.67 Å². The third kappa shape index (κ3) is 6.13. The molecule has 0 spiro atoms. The second kappa shape index (κ2) is 11.8. The molecule has 4 aromatic rings. The first-order chi connectivity index (χ1) is 21.2. The molecule has 1 saturated heterocycles. The lowest BCUT2D eigenvalue weighted by atomic mass is 10.0. The fourth-order valence-corrected chi connectivity index (χ4v) is 5.00. The zero-order chi connectivity index (χ0) is 30.8. The van der Waals surface area contributed by atoms with Crippen LogP contribution in [0, 0.1) is 0 Å². The van der Waals surface area contributed by atoms with Crippen LogP contribution in [0.4, 0.5) is 42.0 Å². The maximum Gasteiger partial charge on any atom is 0.422 e. The molecule has 2 aliphatic rings. The van der Waals surface area contributed by atoms with Gasteiger partial charge in [0.15, 0.2) is 18.2 Å². The monoisotopic (exact) mass is 607 g/mol. The van der Waals surface area contributed by atoms with E-state index in [1.165, 1.54) is 12.3 Å². The average Bonchev–Trinajstić information content (AvgIpc) is 3.45. The van der Waals surface area contributed by atoms with Gasteiger partial charge in [-0.15, -0.1) is 0 Å². The summed E-state index contributed by atoms with van der Waals surface area (Å²) in [4.78, 5) is 29.4. The molecule has 3 aromatic heterocycles. The first kappa shape index (κ1) is 28.9. The molecular weight excluding hydrogens is 579 g/mol. The van der Waals surface area contributed by atoms with E-state index in [1.807, 2.05) is 37.5 Å². The summed E-state index contributed by atoms with van der Waals surface area (Å²) in [6.07, 6.45) is -0.155. The normalized spacial score (nSPS) is 14.5. The SMILES string of the molecule is C=CC(=O)Nc1cc(Nc2nccc(-n3cc4c(n3)-c3ccccc3N(C)C4)n2)c(OCC(F)(F)F)nc1N1CCOCC1. The van der Waals surface area contributed by atoms with Crippen molar-refractivity contribution >= 4 is 34.7 Å². The summed E-state index contributed by atoms with van der Waals surface area (Å²) in [6, 6.07) is 11.1. The number of para-hydroxylation sites is 1. The highest BCUT2D eigenvalue weighted by atomic mass is 19.4. The number of pyridine rings is 1. The minimum atomic E-state index is -4.61. The molecule has 6 rings (SSSR count). The van der Waals surface area contributed by atoms with Crippen LogP contribution in [0.5, 0.6) is 5.88 Å². The van der Waals surface area contributed by atoms with Crippen LogP contribution >= 0.6 is 0 Å². The zero-order valence-electron chi connectivity index (χ0n) is 23.6. The summed E-state index contributed by atoms with van der Waals surface area (Å²) in [7, 11) is 2.01. The van der Waals surface area contributed by atoms with E-state index in [-0.39, 0.29) is 29.0 Å². The van der Waals surface area contributed by atoms with Crippen molar-refractivity contribution in [1.29, 1.82) is 0 Å². The summed E-state index contributed by atoms with van der Waals surface area (Å²) >= 11 is 0. The van der Waals surface area contributed by atoms with Gasteiger partial charge >= 0.3 is 6.18 Å². The summed E-state index contributed by atoms with van der Waals surface area (Å²) in [5.41, 5.74) is 4.15. The first-order valence-electron chi connectivity index (χ1n) is 13.7. The van der Waals surface area contributed by atoms with E-state index in [0.29, 0.717) is 38.7 Å². The minimum Gasteiger partial charge on any atom is -0.466 e. The predicted octanol–water partition coefficient (Wildman–Crippen LogP) is 4.32. The molecule has 15 heteroatoms. The Bertz CT molecular complexity index is 1700. The highest BCUT2D eigenvalue weighted by Crippen LogP contribution is 2.38. The molecule has 0 bridgehead atoms. The van der Waals surface area contributed by atoms with Gasteiger partial charge in [-0.2, -0.15) is 28.2 Å². The first-order valence-corrected chi connectivity index (χ1v) is 13.7. The molecule has 2 N–H and O–H groups in total. The van der Waals surface area contributed by atoms with Crippen molar-refractivity contribution in [3.05, 3.63) is 67.0 Å². The molecular formula is C29H28F3N9O3. The van der Waals surface area contributed by atoms with Crippen LogP contribution in [0.3, 0.4) is 0 Å². The van der Waals surface area contributed by atoms with Crippen LogP contribution in [-0.2, 0) is 16.1 Å². The number of hydrogen-bond donors (Lipinski definition) is 2. The number of anilines is 5. The van der Waals surface area contributed by atoms with Gasteiger partial charge in [0.2, 0.25) is 17.7 Å². The topological polar surface area (TPSA) is 123 Å². The van der Waals surface area contributed by atoms with Crippen molar-refractivity contribution in [2.45, 2.75) is 12.7 Å². The summed E-state index contributed by atoms with van der Waals surface area (Å²) in [5.74, 6) is -0.165. The number of rotatable bonds is 8. The number of carbonyl (C=O) groups excluding carboxylic acids is 1. The van der Waals surface area contributed by atoms with Crippen molar-refractivity contribution in [1.82, 2.24) is 24.7 Å². The highest BCUT2D eigenvalue weighted by Gasteiger charge is 2.30. The molecule has 2 aliphatic heterocycles. The van der Waals surface area contributed by atoms with Gasteiger partial charge in [-0.3, -0.25) is 4.79 Å². The van der Waals surface area contributed by atoms with E-state index in [0.717, 1.165) is 28.6 Å². The van der Waals surface area contributed by atoms with Crippen molar-refractivity contribution in [3.8, 4) is 23.0 Å². The lowest BCUT2D eigenvalue weighted by Gasteiger charge is -2.30. The standard InChI is InChI=1S/C29H28F3N9O3/c1-3-24(42)34-20-14-21(27(44-17-29(30,31)32)37-26(20)40-10-12-43-13-11-40)35-28-33-9-8-23(36-28)41-16-18-15-39(2)22-7-5-4-6-19(22)25(18)38-41/h3-9,14,16H,1,10-13,15,17H2,2H3,(H,34,42)(H,33,35,36). The van der Waals surface area contributed by atoms with Crippen LogP contribution in [0.25, 0.3) is 17.1 Å². The molecule has 1 fully saturated rings. The van der Waals surface area contributed by atoms with Gasteiger partial charge in [0.1, 0.15) is 5.69 Å². The van der Waals surface area contributed by atoms with E-state index in [9.17, 15) is 18.0 Å². The number of amides is 1. The minimum absolute atomic E-state index is 0.0121. The summed E-state index contributed by atoms with van der Waals surface area (Å²) < 4.78 is 51.8. The lowest BCUT2D eigenvalue weighted by Crippen LogP contribution is -2.37. The van der Waals surface area contributed by atoms with E-state index >= 15 is 0 Å². The third-order valence-corrected chi connectivity index (χ3v) is 6.98. The number of nitrogens with zero attached hydrogens (tertiary/aromatic N) is 7. The predicted molar refractivity (Wildman–Crippen MR) is 158 cm³/mol. The molecule has 5 heterocycles. The average molecular weight is 608 g/mol. The number of hydrogen-bond acceptors (Lipinski definition) is 10. The fourth-order valence-electron chi connectivity index (χ4n) is 5.00. The van der Waals surface area contributed by atoms with Crippen molar-refractivity contribution in [2.24, 2.45) is 0 Å². The molecule has 0 aliphatic carbocycles. The highest BCUT2D eigenvalue weighted by molar-refractivity contribution is 6.01. The Morgan fingerprint density at radius 2 is 1.95 bits per heavy atom. The number of carbonyl (C=O) groups is 1. The maximum atomic E-state index is 13.2. The Labute approximate surface area is 250 Å². The molecule has 12 nitrogen and oxygen atoms in total. The van der Waals surface area contributed by atoms with Crippen molar-refractivity contribution in [3.63, 3.8) is 0 Å². The van der Waals surface area contributed by atoms with E-state index in [2.05, 4.69) is 37.1 Å². The Morgan fingerprint density at radius 1 is 1.16 bits per heavy atom. The molecule has 1 aromatic carbocycles. The Morgan fingerprint density at radius 3 is 2.73 bits per heavy atom. The van der Waals surface area contributed by atoms with Crippen LogP contribution in [0.2, 0.25) is 0 Å². The number of alkyl halides is 3. The second-order valence-electron chi connectivity index (χ2n) is 10.1. The van der Waals surface area contributed by atoms with E-state index in [1.54, 1.807) is 15.6 Å². The molecule has 228 valence electrons. The summed E-state index contributed by atoms with van der Waals surface area (Å²) in [5, 5.41) is 10.4. The third-order valence-electron chi connectivity index (χ3n) is 6.98. The van der Waals surface area contributed by atoms with Crippen molar-refractivity contribution < 1.29 is 27.4 Å². The number of benzene rings is 1. The van der Waals surface area contributed by atoms with Crippen molar-refractivity contribution in [2.75, 3.05) is 60.4 Å². The van der Waals surface area contributed by atoms with E-state index in [4.69, 9.17) is 14.6 Å². The number of ether oxygens (including phenoxy) is 2. The quantitative estimate of drug-likeness (QED) is 0.280. The molecule has 0 saturated carbocycles. The van der Waals surface area contributed by atoms with Gasteiger partial charge in [-0.05, 0) is 18.2 Å². The van der Waals surface area contributed by atoms with Gasteiger partial charge in [0.25, 0.3) is 0 Å². The van der Waals surface area contributed by atoms with E-state index < -0.39 is 18.7 Å². The van der Waals surface area contributed by atoms with Gasteiger partial charge in [-0.1, -0.05) is 24.8 Å². The number of halogens is 3. The lowest BCUT2D eigenvalue weighted by molar-refractivity contribution is -0.153. The second-order valence-corrected chi connectivity index (χ2v) is 10.1. The molecule has 0 atom stereocenters. The Kier molecular flexibility index (Phi) is 7.78. The number of aromatic nitrogens is 5. The van der Waals surface area contributed by atoms with Crippen LogP contribution in [0.1, 0.15) is 5.56 Å². The largest absolute Gasteiger partial charge is 0.466 e. The van der Waals surface area contributed by atoms with Crippen LogP contribution in [0.15, 0.2) is 61.4 Å². The summed E-state index contributed by atoms with van der Waals surface area (Å²) in [6.45, 7) is 4.15. The molecule has 0 unspecified atom stereocenters. The van der Waals surface area contributed by atoms with Crippen LogP contribution in [-0.4, -0.2) is 76.8 Å². The van der Waals surface area contributed by atoms with Crippen LogP contribution < -0.4 is 25.2 Å². The van der Waals surface area contributed by atoms with Gasteiger partial charge in [0.05, 0.1) is 24.6 Å². The Hall–Kier alpha value is -5.18. The van der Waals surface area contributed by atoms with Gasteiger partial charge < -0.3 is 29.9 Å². The fraction of sp³-hybridized carbons (Fsp3) is 0.276. The molecule has 44 heavy (non-hydrogen) atoms. The number of fused-ring (bicyclic) bond motifs is 3. The van der Waals surface area contributed by atoms with Gasteiger partial charge in [0, 0.05) is 62.0 Å². The zero-order valence-corrected chi connectivity index (χ0v) is 23.6. The number of nitrogens with one attached hydrogen (secondary N) is 2.